The number of aliphatic hydroxyl groups excluding tert-OH is 1. The number of benzene rings is 1. The monoisotopic (exact) mass is 265 g/mol. The Bertz CT molecular complexity index is 383. The fourth-order valence-electron chi connectivity index (χ4n) is 2.27. The Morgan fingerprint density at radius 3 is 2.89 bits per heavy atom. The van der Waals surface area contributed by atoms with Crippen molar-refractivity contribution in [3.05, 3.63) is 30.3 Å². The highest BCUT2D eigenvalue weighted by molar-refractivity contribution is 7.99. The predicted octanol–water partition coefficient (Wildman–Crippen LogP) is 2.15. The summed E-state index contributed by atoms with van der Waals surface area (Å²) in [5.74, 6) is 0.979. The lowest BCUT2D eigenvalue weighted by atomic mass is 10.2. The van der Waals surface area contributed by atoms with E-state index >= 15 is 0 Å². The summed E-state index contributed by atoms with van der Waals surface area (Å²) in [6, 6.07) is 10.2. The summed E-state index contributed by atoms with van der Waals surface area (Å²) in [4.78, 5) is 15.0. The third-order valence-electron chi connectivity index (χ3n) is 3.24. The van der Waals surface area contributed by atoms with E-state index < -0.39 is 0 Å². The number of hydrogen-bond acceptors (Lipinski definition) is 3. The van der Waals surface area contributed by atoms with E-state index in [1.165, 1.54) is 4.90 Å². The van der Waals surface area contributed by atoms with Crippen LogP contribution in [0.1, 0.15) is 19.3 Å². The lowest BCUT2D eigenvalue weighted by Crippen LogP contribution is -2.37. The molecule has 0 radical (unpaired) electrons. The number of rotatable bonds is 5. The van der Waals surface area contributed by atoms with Gasteiger partial charge in [0.1, 0.15) is 0 Å². The average molecular weight is 265 g/mol. The summed E-state index contributed by atoms with van der Waals surface area (Å²) in [7, 11) is 0. The van der Waals surface area contributed by atoms with E-state index in [0.717, 1.165) is 25.1 Å². The van der Waals surface area contributed by atoms with Crippen molar-refractivity contribution in [1.29, 1.82) is 0 Å². The van der Waals surface area contributed by atoms with Gasteiger partial charge in [-0.25, -0.2) is 0 Å². The van der Waals surface area contributed by atoms with Gasteiger partial charge in [-0.15, -0.1) is 11.8 Å². The van der Waals surface area contributed by atoms with Crippen molar-refractivity contribution >= 4 is 17.7 Å². The van der Waals surface area contributed by atoms with Gasteiger partial charge in [-0.05, 0) is 25.0 Å². The summed E-state index contributed by atoms with van der Waals surface area (Å²) >= 11 is 1.71. The van der Waals surface area contributed by atoms with Gasteiger partial charge in [-0.3, -0.25) is 4.79 Å². The number of nitrogens with zero attached hydrogens (tertiary/aromatic N) is 1. The Labute approximate surface area is 112 Å². The van der Waals surface area contributed by atoms with Crippen molar-refractivity contribution in [2.45, 2.75) is 30.2 Å². The highest BCUT2D eigenvalue weighted by Crippen LogP contribution is 2.21. The van der Waals surface area contributed by atoms with Crippen LogP contribution in [-0.4, -0.2) is 40.9 Å². The molecule has 1 aliphatic heterocycles. The zero-order valence-electron chi connectivity index (χ0n) is 10.4. The Morgan fingerprint density at radius 2 is 2.17 bits per heavy atom. The number of carbonyl (C=O) groups is 1. The molecule has 1 aliphatic rings. The van der Waals surface area contributed by atoms with Crippen molar-refractivity contribution in [3.8, 4) is 0 Å². The number of likely N-dealkylation sites (tertiary alicyclic amines) is 1. The average Bonchev–Trinajstić information content (AvgIpc) is 2.88. The van der Waals surface area contributed by atoms with Gasteiger partial charge < -0.3 is 10.0 Å². The van der Waals surface area contributed by atoms with Crippen molar-refractivity contribution in [2.24, 2.45) is 0 Å². The lowest BCUT2D eigenvalue weighted by Gasteiger charge is -2.22. The second-order valence-corrected chi connectivity index (χ2v) is 5.65. The predicted molar refractivity (Wildman–Crippen MR) is 73.6 cm³/mol. The minimum absolute atomic E-state index is 0.0548. The molecule has 0 unspecified atom stereocenters. The van der Waals surface area contributed by atoms with Gasteiger partial charge in [0.2, 0.25) is 5.91 Å². The molecular formula is C14H19NO2S. The van der Waals surface area contributed by atoms with Crippen LogP contribution in [0.4, 0.5) is 0 Å². The lowest BCUT2D eigenvalue weighted by molar-refractivity contribution is -0.132. The van der Waals surface area contributed by atoms with E-state index in [-0.39, 0.29) is 18.6 Å². The molecule has 98 valence electrons. The maximum Gasteiger partial charge on any atom is 0.223 e. The molecule has 1 aromatic carbocycles. The van der Waals surface area contributed by atoms with Gasteiger partial charge in [-0.1, -0.05) is 18.2 Å². The molecule has 1 amide bonds. The summed E-state index contributed by atoms with van der Waals surface area (Å²) in [6.45, 7) is 0.900. The number of thioether (sulfide) groups is 1. The molecule has 1 aromatic rings. The molecule has 1 N–H and O–H groups in total. The smallest absolute Gasteiger partial charge is 0.223 e. The summed E-state index contributed by atoms with van der Waals surface area (Å²) in [6.07, 6.45) is 2.51. The zero-order chi connectivity index (χ0) is 12.8. The van der Waals surface area contributed by atoms with Crippen LogP contribution in [0.25, 0.3) is 0 Å². The Kier molecular flexibility index (Phi) is 5.08. The van der Waals surface area contributed by atoms with Crippen LogP contribution in [-0.2, 0) is 4.79 Å². The molecule has 0 saturated carbocycles. The van der Waals surface area contributed by atoms with Crippen molar-refractivity contribution in [3.63, 3.8) is 0 Å². The molecule has 0 bridgehead atoms. The third-order valence-corrected chi connectivity index (χ3v) is 4.25. The molecule has 3 nitrogen and oxygen atoms in total. The molecule has 0 aliphatic carbocycles. The van der Waals surface area contributed by atoms with Crippen LogP contribution in [0.5, 0.6) is 0 Å². The van der Waals surface area contributed by atoms with Crippen LogP contribution in [0, 0.1) is 0 Å². The highest BCUT2D eigenvalue weighted by Gasteiger charge is 2.27. The van der Waals surface area contributed by atoms with Crippen molar-refractivity contribution in [1.82, 2.24) is 4.90 Å². The van der Waals surface area contributed by atoms with E-state index in [2.05, 4.69) is 12.1 Å². The van der Waals surface area contributed by atoms with Gasteiger partial charge in [0, 0.05) is 23.6 Å². The van der Waals surface area contributed by atoms with Crippen molar-refractivity contribution in [2.75, 3.05) is 18.9 Å². The molecule has 1 heterocycles. The fourth-order valence-corrected chi connectivity index (χ4v) is 3.13. The van der Waals surface area contributed by atoms with Crippen LogP contribution in [0.15, 0.2) is 35.2 Å². The molecule has 1 fully saturated rings. The molecule has 4 heteroatoms. The van der Waals surface area contributed by atoms with Gasteiger partial charge in [0.25, 0.3) is 0 Å². The standard InChI is InChI=1S/C14H19NO2S/c16-11-12-5-4-9-15(12)14(17)8-10-18-13-6-2-1-3-7-13/h1-3,6-7,12,16H,4-5,8-11H2/t12-/m0/s1. The molecule has 0 spiro atoms. The van der Waals surface area contributed by atoms with Gasteiger partial charge in [0.15, 0.2) is 0 Å². The summed E-state index contributed by atoms with van der Waals surface area (Å²) < 4.78 is 0. The third kappa shape index (κ3) is 3.50. The number of hydrogen-bond donors (Lipinski definition) is 1. The molecule has 0 aromatic heterocycles. The van der Waals surface area contributed by atoms with E-state index in [4.69, 9.17) is 0 Å². The van der Waals surface area contributed by atoms with E-state index in [1.54, 1.807) is 11.8 Å². The van der Waals surface area contributed by atoms with Crippen LogP contribution in [0.2, 0.25) is 0 Å². The Hall–Kier alpha value is -1.00. The second-order valence-electron chi connectivity index (χ2n) is 4.48. The number of aliphatic hydroxyl groups is 1. The van der Waals surface area contributed by atoms with Crippen LogP contribution < -0.4 is 0 Å². The Balaban J connectivity index is 1.75. The van der Waals surface area contributed by atoms with Gasteiger partial charge in [0.05, 0.1) is 12.6 Å². The first-order chi connectivity index (χ1) is 8.81. The molecular weight excluding hydrogens is 246 g/mol. The van der Waals surface area contributed by atoms with E-state index in [0.29, 0.717) is 6.42 Å². The zero-order valence-corrected chi connectivity index (χ0v) is 11.2. The van der Waals surface area contributed by atoms with Crippen molar-refractivity contribution < 1.29 is 9.90 Å². The fraction of sp³-hybridized carbons (Fsp3) is 0.500. The number of carbonyl (C=O) groups excluding carboxylic acids is 1. The minimum atomic E-state index is 0.0548. The quantitative estimate of drug-likeness (QED) is 0.829. The van der Waals surface area contributed by atoms with Gasteiger partial charge in [-0.2, -0.15) is 0 Å². The molecule has 1 atom stereocenters. The molecule has 2 rings (SSSR count). The minimum Gasteiger partial charge on any atom is -0.394 e. The second kappa shape index (κ2) is 6.81. The summed E-state index contributed by atoms with van der Waals surface area (Å²) in [5.41, 5.74) is 0. The molecule has 18 heavy (non-hydrogen) atoms. The largest absolute Gasteiger partial charge is 0.394 e. The van der Waals surface area contributed by atoms with Crippen LogP contribution in [0.3, 0.4) is 0 Å². The number of amides is 1. The van der Waals surface area contributed by atoms with Crippen LogP contribution >= 0.6 is 11.8 Å². The maximum atomic E-state index is 12.0. The Morgan fingerprint density at radius 1 is 1.39 bits per heavy atom. The summed E-state index contributed by atoms with van der Waals surface area (Å²) in [5, 5.41) is 9.19. The maximum absolute atomic E-state index is 12.0. The SMILES string of the molecule is O=C(CCSc1ccccc1)N1CCC[C@H]1CO. The first-order valence-corrected chi connectivity index (χ1v) is 7.38. The first-order valence-electron chi connectivity index (χ1n) is 6.39. The first kappa shape index (κ1) is 13.4. The molecule has 1 saturated heterocycles. The normalized spacial score (nSPS) is 19.2. The van der Waals surface area contributed by atoms with E-state index in [9.17, 15) is 9.90 Å². The highest BCUT2D eigenvalue weighted by atomic mass is 32.2. The topological polar surface area (TPSA) is 40.5 Å². The van der Waals surface area contributed by atoms with E-state index in [1.807, 2.05) is 23.1 Å². The van der Waals surface area contributed by atoms with Gasteiger partial charge >= 0.3 is 0 Å².